The number of aromatic nitrogens is 2. The highest BCUT2D eigenvalue weighted by atomic mass is 19.1. The molecule has 2 saturated heterocycles. The molecule has 3 rings (SSSR count). The highest BCUT2D eigenvalue weighted by Crippen LogP contribution is 2.28. The molecule has 0 bridgehead atoms. The SMILES string of the molecule is CCc1ncnc(N2CCCC2C(=O)N2CCN(C)CC2)c1F. The molecule has 1 aromatic heterocycles. The van der Waals surface area contributed by atoms with Crippen LogP contribution in [0.15, 0.2) is 6.33 Å². The van der Waals surface area contributed by atoms with Gasteiger partial charge < -0.3 is 14.7 Å². The number of halogens is 1. The van der Waals surface area contributed by atoms with Gasteiger partial charge >= 0.3 is 0 Å². The molecule has 2 aliphatic heterocycles. The molecule has 2 aliphatic rings. The van der Waals surface area contributed by atoms with Gasteiger partial charge in [0.05, 0.1) is 5.69 Å². The van der Waals surface area contributed by atoms with Crippen molar-refractivity contribution in [1.82, 2.24) is 19.8 Å². The van der Waals surface area contributed by atoms with Crippen LogP contribution in [-0.4, -0.2) is 71.5 Å². The molecule has 0 aromatic carbocycles. The van der Waals surface area contributed by atoms with Crippen molar-refractivity contribution in [1.29, 1.82) is 0 Å². The topological polar surface area (TPSA) is 52.6 Å². The van der Waals surface area contributed by atoms with E-state index < -0.39 is 0 Å². The Kier molecular flexibility index (Phi) is 4.75. The number of rotatable bonds is 3. The lowest BCUT2D eigenvalue weighted by atomic mass is 10.1. The Bertz CT molecular complexity index is 574. The van der Waals surface area contributed by atoms with E-state index in [0.29, 0.717) is 18.7 Å². The smallest absolute Gasteiger partial charge is 0.245 e. The number of carbonyl (C=O) groups is 1. The second-order valence-electron chi connectivity index (χ2n) is 6.29. The minimum Gasteiger partial charge on any atom is -0.342 e. The Hall–Kier alpha value is -1.76. The van der Waals surface area contributed by atoms with E-state index in [9.17, 15) is 9.18 Å². The van der Waals surface area contributed by atoms with Gasteiger partial charge in [-0.2, -0.15) is 0 Å². The molecule has 0 radical (unpaired) electrons. The Morgan fingerprint density at radius 1 is 1.26 bits per heavy atom. The fraction of sp³-hybridized carbons (Fsp3) is 0.688. The van der Waals surface area contributed by atoms with Gasteiger partial charge in [-0.15, -0.1) is 0 Å². The maximum Gasteiger partial charge on any atom is 0.245 e. The molecule has 23 heavy (non-hydrogen) atoms. The van der Waals surface area contributed by atoms with Crippen LogP contribution in [0.3, 0.4) is 0 Å². The van der Waals surface area contributed by atoms with Gasteiger partial charge in [0.1, 0.15) is 12.4 Å². The zero-order valence-corrected chi connectivity index (χ0v) is 13.8. The second-order valence-corrected chi connectivity index (χ2v) is 6.29. The summed E-state index contributed by atoms with van der Waals surface area (Å²) < 4.78 is 14.6. The monoisotopic (exact) mass is 321 g/mol. The fourth-order valence-electron chi connectivity index (χ4n) is 3.36. The number of aryl methyl sites for hydroxylation is 1. The van der Waals surface area contributed by atoms with Crippen LogP contribution in [0.2, 0.25) is 0 Å². The standard InChI is InChI=1S/C16H24FN5O/c1-3-12-14(17)15(19-11-18-12)22-6-4-5-13(22)16(23)21-9-7-20(2)8-10-21/h11,13H,3-10H2,1-2H3. The van der Waals surface area contributed by atoms with Crippen molar-refractivity contribution in [2.75, 3.05) is 44.7 Å². The number of likely N-dealkylation sites (N-methyl/N-ethyl adjacent to an activating group) is 1. The Balaban J connectivity index is 1.79. The predicted octanol–water partition coefficient (Wildman–Crippen LogP) is 0.921. The van der Waals surface area contributed by atoms with Crippen molar-refractivity contribution in [2.45, 2.75) is 32.2 Å². The van der Waals surface area contributed by atoms with E-state index in [1.165, 1.54) is 6.33 Å². The van der Waals surface area contributed by atoms with E-state index in [0.717, 1.165) is 39.0 Å². The van der Waals surface area contributed by atoms with Gasteiger partial charge in [0.25, 0.3) is 0 Å². The Morgan fingerprint density at radius 2 is 2.00 bits per heavy atom. The summed E-state index contributed by atoms with van der Waals surface area (Å²) in [7, 11) is 2.06. The van der Waals surface area contributed by atoms with Crippen molar-refractivity contribution < 1.29 is 9.18 Å². The van der Waals surface area contributed by atoms with Gasteiger partial charge in [-0.1, -0.05) is 6.92 Å². The molecule has 0 N–H and O–H groups in total. The number of nitrogens with zero attached hydrogens (tertiary/aromatic N) is 5. The van der Waals surface area contributed by atoms with Crippen LogP contribution in [-0.2, 0) is 11.2 Å². The maximum absolute atomic E-state index is 14.6. The molecule has 0 saturated carbocycles. The van der Waals surface area contributed by atoms with Crippen molar-refractivity contribution in [3.05, 3.63) is 17.8 Å². The summed E-state index contributed by atoms with van der Waals surface area (Å²) >= 11 is 0. The van der Waals surface area contributed by atoms with Gasteiger partial charge in [0.2, 0.25) is 5.91 Å². The van der Waals surface area contributed by atoms with Gasteiger partial charge in [-0.25, -0.2) is 14.4 Å². The van der Waals surface area contributed by atoms with E-state index in [1.54, 1.807) is 0 Å². The number of hydrogen-bond acceptors (Lipinski definition) is 5. The summed E-state index contributed by atoms with van der Waals surface area (Å²) in [5.41, 5.74) is 0.410. The third-order valence-electron chi connectivity index (χ3n) is 4.80. The van der Waals surface area contributed by atoms with Crippen LogP contribution < -0.4 is 4.90 Å². The molecule has 1 amide bonds. The van der Waals surface area contributed by atoms with Crippen molar-refractivity contribution >= 4 is 11.7 Å². The molecule has 3 heterocycles. The van der Waals surface area contributed by atoms with Crippen LogP contribution >= 0.6 is 0 Å². The minimum atomic E-state index is -0.381. The van der Waals surface area contributed by atoms with E-state index in [4.69, 9.17) is 0 Å². The van der Waals surface area contributed by atoms with Crippen molar-refractivity contribution in [3.8, 4) is 0 Å². The van der Waals surface area contributed by atoms with Gasteiger partial charge in [0, 0.05) is 32.7 Å². The first-order valence-corrected chi connectivity index (χ1v) is 8.35. The first-order valence-electron chi connectivity index (χ1n) is 8.35. The number of piperazine rings is 1. The molecular weight excluding hydrogens is 297 g/mol. The lowest BCUT2D eigenvalue weighted by Crippen LogP contribution is -2.53. The van der Waals surface area contributed by atoms with Crippen molar-refractivity contribution in [2.24, 2.45) is 0 Å². The largest absolute Gasteiger partial charge is 0.342 e. The lowest BCUT2D eigenvalue weighted by molar-refractivity contribution is -0.134. The average molecular weight is 321 g/mol. The number of carbonyl (C=O) groups excluding carboxylic acids is 1. The molecule has 6 nitrogen and oxygen atoms in total. The molecule has 7 heteroatoms. The highest BCUT2D eigenvalue weighted by molar-refractivity contribution is 5.85. The summed E-state index contributed by atoms with van der Waals surface area (Å²) in [6.07, 6.45) is 3.56. The molecule has 126 valence electrons. The third kappa shape index (κ3) is 3.15. The van der Waals surface area contributed by atoms with Gasteiger partial charge in [-0.3, -0.25) is 4.79 Å². The normalized spacial score (nSPS) is 22.7. The molecule has 0 spiro atoms. The Labute approximate surface area is 136 Å². The fourth-order valence-corrected chi connectivity index (χ4v) is 3.36. The van der Waals surface area contributed by atoms with E-state index in [-0.39, 0.29) is 23.6 Å². The summed E-state index contributed by atoms with van der Waals surface area (Å²) in [5, 5.41) is 0. The van der Waals surface area contributed by atoms with Crippen LogP contribution in [0.4, 0.5) is 10.2 Å². The van der Waals surface area contributed by atoms with Crippen LogP contribution in [0.5, 0.6) is 0 Å². The summed E-state index contributed by atoms with van der Waals surface area (Å²) in [5.74, 6) is 0.00145. The molecule has 1 aromatic rings. The van der Waals surface area contributed by atoms with Crippen molar-refractivity contribution in [3.63, 3.8) is 0 Å². The summed E-state index contributed by atoms with van der Waals surface area (Å²) in [6, 6.07) is -0.299. The first kappa shape index (κ1) is 16.1. The number of amides is 1. The molecular formula is C16H24FN5O. The molecule has 1 atom stereocenters. The number of anilines is 1. The molecule has 2 fully saturated rings. The van der Waals surface area contributed by atoms with Gasteiger partial charge in [0.15, 0.2) is 11.6 Å². The second kappa shape index (κ2) is 6.78. The van der Waals surface area contributed by atoms with Crippen LogP contribution in [0, 0.1) is 5.82 Å². The maximum atomic E-state index is 14.6. The number of hydrogen-bond donors (Lipinski definition) is 0. The predicted molar refractivity (Wildman–Crippen MR) is 85.8 cm³/mol. The molecule has 0 aliphatic carbocycles. The van der Waals surface area contributed by atoms with Crippen LogP contribution in [0.25, 0.3) is 0 Å². The molecule has 1 unspecified atom stereocenters. The lowest BCUT2D eigenvalue weighted by Gasteiger charge is -2.36. The zero-order chi connectivity index (χ0) is 16.4. The third-order valence-corrected chi connectivity index (χ3v) is 4.80. The van der Waals surface area contributed by atoms with E-state index in [2.05, 4.69) is 21.9 Å². The van der Waals surface area contributed by atoms with Gasteiger partial charge in [-0.05, 0) is 26.3 Å². The average Bonchev–Trinajstić information content (AvgIpc) is 3.04. The quantitative estimate of drug-likeness (QED) is 0.829. The highest BCUT2D eigenvalue weighted by Gasteiger charge is 2.36. The van der Waals surface area contributed by atoms with E-state index in [1.807, 2.05) is 16.7 Å². The summed E-state index contributed by atoms with van der Waals surface area (Å²) in [4.78, 5) is 26.9. The Morgan fingerprint density at radius 3 is 2.70 bits per heavy atom. The summed E-state index contributed by atoms with van der Waals surface area (Å²) in [6.45, 7) is 5.80. The van der Waals surface area contributed by atoms with E-state index >= 15 is 0 Å². The van der Waals surface area contributed by atoms with Crippen LogP contribution in [0.1, 0.15) is 25.5 Å². The first-order chi connectivity index (χ1) is 11.1. The minimum absolute atomic E-state index is 0.103. The zero-order valence-electron chi connectivity index (χ0n) is 13.8.